The number of methoxy groups -OCH3 is 1. The van der Waals surface area contributed by atoms with E-state index in [1.807, 2.05) is 49.4 Å². The number of nitrogens with zero attached hydrogens (tertiary/aromatic N) is 1. The summed E-state index contributed by atoms with van der Waals surface area (Å²) >= 11 is 12.7. The molecule has 0 bridgehead atoms. The number of fused-ring (bicyclic) bond motifs is 1. The number of carbonyl (C=O) groups is 1. The quantitative estimate of drug-likeness (QED) is 0.0987. The van der Waals surface area contributed by atoms with Crippen LogP contribution in [0.3, 0.4) is 0 Å². The number of nitrogens with two attached hydrogens (primary N) is 1. The van der Waals surface area contributed by atoms with Gasteiger partial charge in [-0.2, -0.15) is 5.26 Å². The molecule has 2 N–H and O–H groups in total. The van der Waals surface area contributed by atoms with E-state index in [4.69, 9.17) is 52.6 Å². The van der Waals surface area contributed by atoms with Crippen molar-refractivity contribution in [1.29, 1.82) is 5.26 Å². The molecule has 10 heteroatoms. The first-order chi connectivity index (χ1) is 21.8. The molecule has 1 atom stereocenters. The molecule has 4 aromatic rings. The smallest absolute Gasteiger partial charge is 0.343 e. The fraction of sp³-hybridized carbons (Fsp3) is 0.200. The average molecular weight is 646 g/mol. The van der Waals surface area contributed by atoms with E-state index >= 15 is 0 Å². The molecule has 1 aliphatic heterocycles. The van der Waals surface area contributed by atoms with Crippen molar-refractivity contribution in [3.8, 4) is 34.8 Å². The van der Waals surface area contributed by atoms with E-state index in [9.17, 15) is 10.1 Å². The summed E-state index contributed by atoms with van der Waals surface area (Å²) in [5.74, 6) is 0.595. The van der Waals surface area contributed by atoms with Gasteiger partial charge in [0.1, 0.15) is 29.7 Å². The number of halogens is 2. The summed E-state index contributed by atoms with van der Waals surface area (Å²) in [5.41, 5.74) is 8.99. The highest BCUT2D eigenvalue weighted by Crippen LogP contribution is 2.45. The summed E-state index contributed by atoms with van der Waals surface area (Å²) in [7, 11) is 1.55. The van der Waals surface area contributed by atoms with Crippen molar-refractivity contribution in [2.75, 3.05) is 13.7 Å². The van der Waals surface area contributed by atoms with Crippen LogP contribution in [0.2, 0.25) is 10.0 Å². The Labute approximate surface area is 271 Å². The number of allylic oxidation sites excluding steroid dienone is 1. The van der Waals surface area contributed by atoms with Gasteiger partial charge in [0.05, 0.1) is 35.2 Å². The third-order valence-corrected chi connectivity index (χ3v) is 7.70. The molecule has 0 spiro atoms. The van der Waals surface area contributed by atoms with E-state index in [1.165, 1.54) is 12.1 Å². The second kappa shape index (κ2) is 14.3. The van der Waals surface area contributed by atoms with Gasteiger partial charge in [0, 0.05) is 11.6 Å². The summed E-state index contributed by atoms with van der Waals surface area (Å²) in [6, 6.07) is 25.2. The molecular formula is C35H30Cl2N2O6. The lowest BCUT2D eigenvalue weighted by Crippen LogP contribution is -2.21. The number of nitriles is 1. The first kappa shape index (κ1) is 31.6. The Morgan fingerprint density at radius 1 is 0.978 bits per heavy atom. The van der Waals surface area contributed by atoms with Crippen LogP contribution in [-0.4, -0.2) is 19.7 Å². The van der Waals surface area contributed by atoms with Gasteiger partial charge in [-0.15, -0.1) is 0 Å². The number of rotatable bonds is 11. The molecule has 45 heavy (non-hydrogen) atoms. The van der Waals surface area contributed by atoms with Crippen LogP contribution in [0.25, 0.3) is 0 Å². The lowest BCUT2D eigenvalue weighted by Gasteiger charge is -2.27. The highest BCUT2D eigenvalue weighted by molar-refractivity contribution is 6.37. The predicted octanol–water partition coefficient (Wildman–Crippen LogP) is 8.20. The van der Waals surface area contributed by atoms with Crippen molar-refractivity contribution in [3.05, 3.63) is 123 Å². The summed E-state index contributed by atoms with van der Waals surface area (Å²) in [4.78, 5) is 13.0. The average Bonchev–Trinajstić information content (AvgIpc) is 3.04. The molecule has 1 unspecified atom stereocenters. The Hall–Kier alpha value is -4.84. The summed E-state index contributed by atoms with van der Waals surface area (Å²) < 4.78 is 28.7. The number of ether oxygens (including phenoxy) is 5. The molecule has 0 radical (unpaired) electrons. The van der Waals surface area contributed by atoms with Gasteiger partial charge in [-0.25, -0.2) is 4.79 Å². The van der Waals surface area contributed by atoms with Crippen molar-refractivity contribution < 1.29 is 28.5 Å². The minimum absolute atomic E-state index is 0.0564. The van der Waals surface area contributed by atoms with E-state index in [0.29, 0.717) is 41.8 Å². The Morgan fingerprint density at radius 3 is 2.42 bits per heavy atom. The summed E-state index contributed by atoms with van der Waals surface area (Å²) in [6.07, 6.45) is 1.80. The standard InChI is InChI=1S/C35H30Cl2N2O6/c1-3-4-14-42-33-27(36)15-23(16-28(33)37)35(40)44-24-11-12-25-30(18-24)45-34(39)26(19-38)32(25)22-10-13-29(31(17-22)41-2)43-20-21-8-6-5-7-9-21/h5-13,15-18,32H,3-4,14,20,39H2,1-2H3. The van der Waals surface area contributed by atoms with Crippen LogP contribution in [0.5, 0.6) is 28.7 Å². The van der Waals surface area contributed by atoms with Crippen LogP contribution >= 0.6 is 23.2 Å². The Balaban J connectivity index is 1.39. The van der Waals surface area contributed by atoms with Gasteiger partial charge in [-0.1, -0.05) is 79.0 Å². The Kier molecular flexibility index (Phi) is 10.0. The third-order valence-electron chi connectivity index (χ3n) is 7.14. The molecule has 0 amide bonds. The van der Waals surface area contributed by atoms with Gasteiger partial charge in [-0.3, -0.25) is 0 Å². The fourth-order valence-corrected chi connectivity index (χ4v) is 5.46. The van der Waals surface area contributed by atoms with Crippen molar-refractivity contribution in [2.24, 2.45) is 5.73 Å². The molecule has 0 saturated heterocycles. The van der Waals surface area contributed by atoms with Gasteiger partial charge in [-0.05, 0) is 47.9 Å². The summed E-state index contributed by atoms with van der Waals surface area (Å²) in [6.45, 7) is 2.87. The maximum Gasteiger partial charge on any atom is 0.343 e. The number of esters is 1. The normalized spacial score (nSPS) is 13.7. The van der Waals surface area contributed by atoms with Gasteiger partial charge in [0.15, 0.2) is 17.2 Å². The van der Waals surface area contributed by atoms with Gasteiger partial charge in [0.25, 0.3) is 0 Å². The highest BCUT2D eigenvalue weighted by Gasteiger charge is 2.32. The molecular weight excluding hydrogens is 615 g/mol. The molecule has 8 nitrogen and oxygen atoms in total. The summed E-state index contributed by atoms with van der Waals surface area (Å²) in [5, 5.41) is 10.4. The van der Waals surface area contributed by atoms with E-state index in [1.54, 1.807) is 31.4 Å². The Morgan fingerprint density at radius 2 is 1.73 bits per heavy atom. The second-order valence-electron chi connectivity index (χ2n) is 10.2. The van der Waals surface area contributed by atoms with E-state index in [0.717, 1.165) is 24.0 Å². The number of hydrogen-bond acceptors (Lipinski definition) is 8. The number of hydrogen-bond donors (Lipinski definition) is 1. The lowest BCUT2D eigenvalue weighted by molar-refractivity contribution is 0.0734. The van der Waals surface area contributed by atoms with Gasteiger partial charge < -0.3 is 29.4 Å². The highest BCUT2D eigenvalue weighted by atomic mass is 35.5. The molecule has 0 saturated carbocycles. The predicted molar refractivity (Wildman–Crippen MR) is 171 cm³/mol. The molecule has 0 aliphatic carbocycles. The van der Waals surface area contributed by atoms with Crippen molar-refractivity contribution >= 4 is 29.2 Å². The number of benzene rings is 4. The largest absolute Gasteiger partial charge is 0.493 e. The van der Waals surface area contributed by atoms with Crippen LogP contribution in [0.15, 0.2) is 90.3 Å². The molecule has 0 aromatic heterocycles. The molecule has 4 aromatic carbocycles. The zero-order chi connectivity index (χ0) is 31.9. The van der Waals surface area contributed by atoms with Crippen LogP contribution in [0.1, 0.15) is 52.7 Å². The third kappa shape index (κ3) is 7.12. The number of carbonyl (C=O) groups excluding carboxylic acids is 1. The van der Waals surface area contributed by atoms with Crippen molar-refractivity contribution in [2.45, 2.75) is 32.3 Å². The van der Waals surface area contributed by atoms with Gasteiger partial charge >= 0.3 is 5.97 Å². The zero-order valence-electron chi connectivity index (χ0n) is 24.6. The number of unbranched alkanes of at least 4 members (excludes halogenated alkanes) is 1. The maximum absolute atomic E-state index is 13.0. The first-order valence-electron chi connectivity index (χ1n) is 14.2. The minimum atomic E-state index is -0.678. The molecule has 1 aliphatic rings. The fourth-order valence-electron chi connectivity index (χ4n) is 4.86. The van der Waals surface area contributed by atoms with E-state index in [-0.39, 0.29) is 32.8 Å². The molecule has 5 rings (SSSR count). The van der Waals surface area contributed by atoms with Gasteiger partial charge in [0.2, 0.25) is 5.88 Å². The molecule has 230 valence electrons. The molecule has 0 fully saturated rings. The maximum atomic E-state index is 13.0. The van der Waals surface area contributed by atoms with Crippen LogP contribution in [-0.2, 0) is 6.61 Å². The second-order valence-corrected chi connectivity index (χ2v) is 11.0. The van der Waals surface area contributed by atoms with Crippen LogP contribution < -0.4 is 29.4 Å². The van der Waals surface area contributed by atoms with E-state index in [2.05, 4.69) is 6.07 Å². The van der Waals surface area contributed by atoms with Crippen LogP contribution in [0, 0.1) is 11.3 Å². The van der Waals surface area contributed by atoms with Crippen molar-refractivity contribution in [3.63, 3.8) is 0 Å². The topological polar surface area (TPSA) is 113 Å². The van der Waals surface area contributed by atoms with E-state index < -0.39 is 11.9 Å². The zero-order valence-corrected chi connectivity index (χ0v) is 26.2. The Bertz CT molecular complexity index is 1760. The molecule has 1 heterocycles. The monoisotopic (exact) mass is 644 g/mol. The SMILES string of the molecule is CCCCOc1c(Cl)cc(C(=O)Oc2ccc3c(c2)OC(N)=C(C#N)C3c2ccc(OCc3ccccc3)c(OC)c2)cc1Cl. The van der Waals surface area contributed by atoms with Crippen molar-refractivity contribution in [1.82, 2.24) is 0 Å². The lowest BCUT2D eigenvalue weighted by atomic mass is 9.83. The van der Waals surface area contributed by atoms with Crippen LogP contribution in [0.4, 0.5) is 0 Å². The minimum Gasteiger partial charge on any atom is -0.493 e. The first-order valence-corrected chi connectivity index (χ1v) is 15.0.